The maximum Gasteiger partial charge on any atom is 0.0881 e. The smallest absolute Gasteiger partial charge is 0.0881 e. The van der Waals surface area contributed by atoms with Crippen molar-refractivity contribution in [3.05, 3.63) is 66.0 Å². The molecule has 3 aromatic rings. The Balaban J connectivity index is 1.77. The van der Waals surface area contributed by atoms with Gasteiger partial charge in [-0.3, -0.25) is 4.98 Å². The summed E-state index contributed by atoms with van der Waals surface area (Å²) in [5, 5.41) is 0. The third kappa shape index (κ3) is 2.21. The molecule has 0 unspecified atom stereocenters. The summed E-state index contributed by atoms with van der Waals surface area (Å²) in [5.41, 5.74) is 4.80. The van der Waals surface area contributed by atoms with E-state index < -0.39 is 0 Å². The molecule has 2 nitrogen and oxygen atoms in total. The van der Waals surface area contributed by atoms with Gasteiger partial charge >= 0.3 is 0 Å². The molecule has 0 radical (unpaired) electrons. The third-order valence-corrected chi connectivity index (χ3v) is 2.97. The number of H-pyrrole nitrogens is 1. The second-order valence-corrected chi connectivity index (χ2v) is 4.22. The second-order valence-electron chi connectivity index (χ2n) is 4.22. The van der Waals surface area contributed by atoms with E-state index in [1.807, 2.05) is 12.3 Å². The first-order chi connectivity index (χ1) is 8.42. The van der Waals surface area contributed by atoms with E-state index in [2.05, 4.69) is 52.4 Å². The van der Waals surface area contributed by atoms with Crippen molar-refractivity contribution in [2.24, 2.45) is 0 Å². The standard InChI is InChI=1S/C15H14N2/c1-2-5-12(6-3-1)8-9-13-11-15-14(17-13)7-4-10-16-15/h1-7,10-11,17H,8-9H2. The van der Waals surface area contributed by atoms with E-state index in [0.717, 1.165) is 23.9 Å². The van der Waals surface area contributed by atoms with E-state index in [0.29, 0.717) is 0 Å². The molecule has 0 aliphatic heterocycles. The first-order valence-corrected chi connectivity index (χ1v) is 5.88. The highest BCUT2D eigenvalue weighted by Gasteiger charge is 2.01. The highest BCUT2D eigenvalue weighted by Crippen LogP contribution is 2.13. The molecule has 0 saturated heterocycles. The molecular formula is C15H14N2. The molecule has 3 rings (SSSR count). The average Bonchev–Trinajstić information content (AvgIpc) is 2.80. The number of hydrogen-bond donors (Lipinski definition) is 1. The molecule has 0 aliphatic carbocycles. The number of aryl methyl sites for hydroxylation is 2. The monoisotopic (exact) mass is 222 g/mol. The van der Waals surface area contributed by atoms with Crippen LogP contribution in [0.3, 0.4) is 0 Å². The van der Waals surface area contributed by atoms with Gasteiger partial charge in [0.25, 0.3) is 0 Å². The molecule has 0 amide bonds. The summed E-state index contributed by atoms with van der Waals surface area (Å²) in [6.07, 6.45) is 3.92. The molecule has 0 atom stereocenters. The number of aromatic nitrogens is 2. The molecule has 2 aromatic heterocycles. The summed E-state index contributed by atoms with van der Waals surface area (Å²) in [4.78, 5) is 7.73. The number of aromatic amines is 1. The number of benzene rings is 1. The quantitative estimate of drug-likeness (QED) is 0.723. The zero-order chi connectivity index (χ0) is 11.5. The van der Waals surface area contributed by atoms with Crippen molar-refractivity contribution in [3.8, 4) is 0 Å². The summed E-state index contributed by atoms with van der Waals surface area (Å²) < 4.78 is 0. The maximum absolute atomic E-state index is 4.33. The van der Waals surface area contributed by atoms with Crippen molar-refractivity contribution >= 4 is 11.0 Å². The van der Waals surface area contributed by atoms with Crippen LogP contribution in [0.5, 0.6) is 0 Å². The highest BCUT2D eigenvalue weighted by atomic mass is 14.8. The van der Waals surface area contributed by atoms with Crippen LogP contribution >= 0.6 is 0 Å². The molecular weight excluding hydrogens is 208 g/mol. The second kappa shape index (κ2) is 4.42. The van der Waals surface area contributed by atoms with Crippen molar-refractivity contribution < 1.29 is 0 Å². The van der Waals surface area contributed by atoms with Crippen LogP contribution in [-0.4, -0.2) is 9.97 Å². The van der Waals surface area contributed by atoms with Gasteiger partial charge in [0.15, 0.2) is 0 Å². The minimum absolute atomic E-state index is 1.03. The topological polar surface area (TPSA) is 28.7 Å². The van der Waals surface area contributed by atoms with Crippen LogP contribution in [0.1, 0.15) is 11.3 Å². The molecule has 2 heteroatoms. The first-order valence-electron chi connectivity index (χ1n) is 5.88. The molecule has 0 spiro atoms. The van der Waals surface area contributed by atoms with Crippen LogP contribution in [0.4, 0.5) is 0 Å². The van der Waals surface area contributed by atoms with E-state index in [-0.39, 0.29) is 0 Å². The minimum Gasteiger partial charge on any atom is -0.357 e. The fourth-order valence-electron chi connectivity index (χ4n) is 2.07. The fraction of sp³-hybridized carbons (Fsp3) is 0.133. The Kier molecular flexibility index (Phi) is 2.62. The normalized spacial score (nSPS) is 10.8. The van der Waals surface area contributed by atoms with Crippen molar-refractivity contribution in [2.45, 2.75) is 12.8 Å². The van der Waals surface area contributed by atoms with Gasteiger partial charge in [-0.25, -0.2) is 0 Å². The van der Waals surface area contributed by atoms with E-state index in [4.69, 9.17) is 0 Å². The Bertz CT molecular complexity index is 578. The zero-order valence-electron chi connectivity index (χ0n) is 9.56. The molecule has 2 heterocycles. The Morgan fingerprint density at radius 1 is 0.941 bits per heavy atom. The number of hydrogen-bond acceptors (Lipinski definition) is 1. The lowest BCUT2D eigenvalue weighted by atomic mass is 10.1. The summed E-state index contributed by atoms with van der Waals surface area (Å²) >= 11 is 0. The van der Waals surface area contributed by atoms with Crippen LogP contribution < -0.4 is 0 Å². The predicted octanol–water partition coefficient (Wildman–Crippen LogP) is 3.35. The van der Waals surface area contributed by atoms with Gasteiger partial charge in [-0.05, 0) is 36.6 Å². The number of pyridine rings is 1. The zero-order valence-corrected chi connectivity index (χ0v) is 9.56. The highest BCUT2D eigenvalue weighted by molar-refractivity contribution is 5.75. The van der Waals surface area contributed by atoms with Crippen LogP contribution in [0.25, 0.3) is 11.0 Å². The molecule has 1 aromatic carbocycles. The average molecular weight is 222 g/mol. The lowest BCUT2D eigenvalue weighted by Gasteiger charge is -1.98. The van der Waals surface area contributed by atoms with E-state index in [9.17, 15) is 0 Å². The predicted molar refractivity (Wildman–Crippen MR) is 69.9 cm³/mol. The van der Waals surface area contributed by atoms with Crippen LogP contribution in [-0.2, 0) is 12.8 Å². The van der Waals surface area contributed by atoms with Crippen molar-refractivity contribution in [1.82, 2.24) is 9.97 Å². The number of nitrogens with one attached hydrogen (secondary N) is 1. The summed E-state index contributed by atoms with van der Waals surface area (Å²) in [6.45, 7) is 0. The maximum atomic E-state index is 4.33. The van der Waals surface area contributed by atoms with Crippen LogP contribution in [0.15, 0.2) is 54.7 Å². The Morgan fingerprint density at radius 3 is 2.65 bits per heavy atom. The Labute approximate surface area is 100 Å². The first kappa shape index (κ1) is 10.1. The summed E-state index contributed by atoms with van der Waals surface area (Å²) in [7, 11) is 0. The van der Waals surface area contributed by atoms with Crippen molar-refractivity contribution in [3.63, 3.8) is 0 Å². The molecule has 0 saturated carbocycles. The molecule has 1 N–H and O–H groups in total. The van der Waals surface area contributed by atoms with Gasteiger partial charge in [-0.15, -0.1) is 0 Å². The Hall–Kier alpha value is -2.09. The van der Waals surface area contributed by atoms with Gasteiger partial charge < -0.3 is 4.98 Å². The lowest BCUT2D eigenvalue weighted by Crippen LogP contribution is -1.90. The molecule has 17 heavy (non-hydrogen) atoms. The number of fused-ring (bicyclic) bond motifs is 1. The fourth-order valence-corrected chi connectivity index (χ4v) is 2.07. The van der Waals surface area contributed by atoms with Gasteiger partial charge in [0.1, 0.15) is 0 Å². The van der Waals surface area contributed by atoms with E-state index in [1.54, 1.807) is 0 Å². The Morgan fingerprint density at radius 2 is 1.82 bits per heavy atom. The van der Waals surface area contributed by atoms with Crippen LogP contribution in [0.2, 0.25) is 0 Å². The summed E-state index contributed by atoms with van der Waals surface area (Å²) in [5.74, 6) is 0. The van der Waals surface area contributed by atoms with Gasteiger partial charge in [-0.2, -0.15) is 0 Å². The van der Waals surface area contributed by atoms with E-state index in [1.165, 1.54) is 11.3 Å². The SMILES string of the molecule is c1ccc(CCc2cc3ncccc3[nH]2)cc1. The van der Waals surface area contributed by atoms with Gasteiger partial charge in [0, 0.05) is 11.9 Å². The van der Waals surface area contributed by atoms with Crippen molar-refractivity contribution in [2.75, 3.05) is 0 Å². The lowest BCUT2D eigenvalue weighted by molar-refractivity contribution is 0.930. The summed E-state index contributed by atoms with van der Waals surface area (Å²) in [6, 6.07) is 16.7. The van der Waals surface area contributed by atoms with Crippen molar-refractivity contribution in [1.29, 1.82) is 0 Å². The molecule has 0 fully saturated rings. The van der Waals surface area contributed by atoms with E-state index >= 15 is 0 Å². The number of nitrogens with zero attached hydrogens (tertiary/aromatic N) is 1. The molecule has 0 bridgehead atoms. The largest absolute Gasteiger partial charge is 0.357 e. The van der Waals surface area contributed by atoms with Crippen LogP contribution in [0, 0.1) is 0 Å². The molecule has 84 valence electrons. The van der Waals surface area contributed by atoms with Gasteiger partial charge in [0.2, 0.25) is 0 Å². The number of rotatable bonds is 3. The van der Waals surface area contributed by atoms with Gasteiger partial charge in [0.05, 0.1) is 11.0 Å². The van der Waals surface area contributed by atoms with Gasteiger partial charge in [-0.1, -0.05) is 30.3 Å². The third-order valence-electron chi connectivity index (χ3n) is 2.97. The minimum atomic E-state index is 1.03. The molecule has 0 aliphatic rings.